The van der Waals surface area contributed by atoms with Crippen LogP contribution >= 0.6 is 0 Å². The summed E-state index contributed by atoms with van der Waals surface area (Å²) in [4.78, 5) is 0. The lowest BCUT2D eigenvalue weighted by molar-refractivity contribution is -0.696. The molecule has 4 heteroatoms. The molecule has 0 aliphatic heterocycles. The summed E-state index contributed by atoms with van der Waals surface area (Å²) in [6, 6.07) is 2.16. The van der Waals surface area contributed by atoms with E-state index in [1.165, 1.54) is 12.8 Å². The monoisotopic (exact) mass is 227 g/mol. The lowest BCUT2D eigenvalue weighted by atomic mass is 10.3. The Hall–Kier alpha value is -1.01. The maximum Gasteiger partial charge on any atom is 0.243 e. The molecule has 0 amide bonds. The first-order valence-corrected chi connectivity index (χ1v) is 5.28. The fraction of sp³-hybridized carbons (Fsp3) is 0.636. The number of nitriles is 1. The maximum atomic E-state index is 8.40. The number of halogens is 1. The lowest BCUT2D eigenvalue weighted by Gasteiger charge is -1.93. The summed E-state index contributed by atoms with van der Waals surface area (Å²) in [5, 5.41) is 8.40. The molecule has 1 aromatic rings. The summed E-state index contributed by atoms with van der Waals surface area (Å²) < 4.78 is 4.35. The third kappa shape index (κ3) is 5.44. The first-order valence-electron chi connectivity index (χ1n) is 5.28. The SMILES string of the molecule is CCCCn1cc[n+](CCCC#N)c1.[Cl-]. The van der Waals surface area contributed by atoms with Gasteiger partial charge in [-0.05, 0) is 12.8 Å². The number of rotatable bonds is 6. The zero-order valence-electron chi connectivity index (χ0n) is 9.19. The second-order valence-electron chi connectivity index (χ2n) is 3.50. The van der Waals surface area contributed by atoms with E-state index in [1.54, 1.807) is 0 Å². The van der Waals surface area contributed by atoms with Gasteiger partial charge in [0, 0.05) is 6.42 Å². The highest BCUT2D eigenvalue weighted by Crippen LogP contribution is 1.93. The summed E-state index contributed by atoms with van der Waals surface area (Å²) >= 11 is 0. The fourth-order valence-electron chi connectivity index (χ4n) is 1.38. The Morgan fingerprint density at radius 2 is 2.20 bits per heavy atom. The molecule has 0 saturated heterocycles. The largest absolute Gasteiger partial charge is 1.00 e. The minimum Gasteiger partial charge on any atom is -1.00 e. The van der Waals surface area contributed by atoms with Gasteiger partial charge in [-0.25, -0.2) is 9.13 Å². The summed E-state index contributed by atoms with van der Waals surface area (Å²) in [7, 11) is 0. The van der Waals surface area contributed by atoms with Crippen LogP contribution in [-0.4, -0.2) is 4.57 Å². The van der Waals surface area contributed by atoms with Crippen molar-refractivity contribution in [3.05, 3.63) is 18.7 Å². The molecule has 1 aromatic heterocycles. The van der Waals surface area contributed by atoms with Crippen LogP contribution in [0.2, 0.25) is 0 Å². The van der Waals surface area contributed by atoms with E-state index in [2.05, 4.69) is 40.8 Å². The molecular formula is C11H18ClN3. The molecule has 3 nitrogen and oxygen atoms in total. The number of aryl methyl sites for hydroxylation is 2. The van der Waals surface area contributed by atoms with Crippen LogP contribution < -0.4 is 17.0 Å². The quantitative estimate of drug-likeness (QED) is 0.448. The Morgan fingerprint density at radius 1 is 1.40 bits per heavy atom. The zero-order valence-corrected chi connectivity index (χ0v) is 9.95. The van der Waals surface area contributed by atoms with Crippen molar-refractivity contribution in [2.24, 2.45) is 0 Å². The molecular weight excluding hydrogens is 210 g/mol. The van der Waals surface area contributed by atoms with Crippen LogP contribution in [-0.2, 0) is 13.1 Å². The highest BCUT2D eigenvalue weighted by Gasteiger charge is 2.01. The smallest absolute Gasteiger partial charge is 0.243 e. The van der Waals surface area contributed by atoms with Crippen molar-refractivity contribution >= 4 is 0 Å². The number of hydrogen-bond donors (Lipinski definition) is 0. The van der Waals surface area contributed by atoms with Gasteiger partial charge in [-0.1, -0.05) is 13.3 Å². The molecule has 0 fully saturated rings. The second kappa shape index (κ2) is 8.31. The van der Waals surface area contributed by atoms with Crippen LogP contribution in [0.1, 0.15) is 32.6 Å². The maximum absolute atomic E-state index is 8.40. The topological polar surface area (TPSA) is 32.6 Å². The van der Waals surface area contributed by atoms with Crippen molar-refractivity contribution < 1.29 is 17.0 Å². The number of imidazole rings is 1. The molecule has 0 aliphatic carbocycles. The van der Waals surface area contributed by atoms with Crippen molar-refractivity contribution in [1.82, 2.24) is 4.57 Å². The Labute approximate surface area is 97.7 Å². The van der Waals surface area contributed by atoms with Crippen LogP contribution in [0.5, 0.6) is 0 Å². The third-order valence-electron chi connectivity index (χ3n) is 2.22. The van der Waals surface area contributed by atoms with Crippen LogP contribution in [0, 0.1) is 11.3 Å². The summed E-state index contributed by atoms with van der Waals surface area (Å²) in [6.07, 6.45) is 10.3. The van der Waals surface area contributed by atoms with Gasteiger partial charge in [0.2, 0.25) is 6.33 Å². The van der Waals surface area contributed by atoms with Crippen LogP contribution in [0.15, 0.2) is 18.7 Å². The Morgan fingerprint density at radius 3 is 2.87 bits per heavy atom. The molecule has 0 spiro atoms. The van der Waals surface area contributed by atoms with E-state index in [0.717, 1.165) is 19.5 Å². The average Bonchev–Trinajstić information content (AvgIpc) is 2.63. The van der Waals surface area contributed by atoms with Gasteiger partial charge in [-0.2, -0.15) is 5.26 Å². The van der Waals surface area contributed by atoms with Crippen molar-refractivity contribution in [3.8, 4) is 6.07 Å². The van der Waals surface area contributed by atoms with Crippen molar-refractivity contribution in [1.29, 1.82) is 5.26 Å². The molecule has 84 valence electrons. The first-order chi connectivity index (χ1) is 6.86. The molecule has 1 heterocycles. The van der Waals surface area contributed by atoms with Gasteiger partial charge >= 0.3 is 0 Å². The van der Waals surface area contributed by atoms with Gasteiger partial charge in [-0.3, -0.25) is 0 Å². The summed E-state index contributed by atoms with van der Waals surface area (Å²) in [5.41, 5.74) is 0. The first kappa shape index (κ1) is 14.0. The van der Waals surface area contributed by atoms with Crippen molar-refractivity contribution in [3.63, 3.8) is 0 Å². The van der Waals surface area contributed by atoms with Crippen LogP contribution in [0.25, 0.3) is 0 Å². The van der Waals surface area contributed by atoms with Gasteiger partial charge in [0.25, 0.3) is 0 Å². The number of hydrogen-bond acceptors (Lipinski definition) is 1. The standard InChI is InChI=1S/C11H18N3.ClH/c1-2-3-7-13-9-10-14(11-13)8-5-4-6-12;/h9-11H,2-5,7-8H2,1H3;1H/q+1;/p-1. The molecule has 0 aliphatic rings. The number of unbranched alkanes of at least 4 members (excludes halogenated alkanes) is 2. The van der Waals surface area contributed by atoms with Crippen LogP contribution in [0.3, 0.4) is 0 Å². The molecule has 0 atom stereocenters. The molecule has 1 rings (SSSR count). The van der Waals surface area contributed by atoms with Gasteiger partial charge in [0.05, 0.1) is 19.2 Å². The summed E-state index contributed by atoms with van der Waals surface area (Å²) in [6.45, 7) is 4.25. The molecule has 0 bridgehead atoms. The Bertz CT molecular complexity index is 301. The predicted octanol–water partition coefficient (Wildman–Crippen LogP) is -1.12. The highest BCUT2D eigenvalue weighted by molar-refractivity contribution is 4.68. The van der Waals surface area contributed by atoms with Gasteiger partial charge in [-0.15, -0.1) is 0 Å². The van der Waals surface area contributed by atoms with Gasteiger partial charge < -0.3 is 12.4 Å². The van der Waals surface area contributed by atoms with Gasteiger partial charge in [0.1, 0.15) is 12.4 Å². The Balaban J connectivity index is 0.00000196. The number of aromatic nitrogens is 2. The fourth-order valence-corrected chi connectivity index (χ4v) is 1.38. The second-order valence-corrected chi connectivity index (χ2v) is 3.50. The summed E-state index contributed by atoms with van der Waals surface area (Å²) in [5.74, 6) is 0. The number of nitrogens with zero attached hydrogens (tertiary/aromatic N) is 3. The predicted molar refractivity (Wildman–Crippen MR) is 54.4 cm³/mol. The van der Waals surface area contributed by atoms with E-state index in [4.69, 9.17) is 5.26 Å². The van der Waals surface area contributed by atoms with E-state index in [0.29, 0.717) is 6.42 Å². The van der Waals surface area contributed by atoms with E-state index in [9.17, 15) is 0 Å². The van der Waals surface area contributed by atoms with Crippen LogP contribution in [0.4, 0.5) is 0 Å². The van der Waals surface area contributed by atoms with Crippen molar-refractivity contribution in [2.75, 3.05) is 0 Å². The normalized spacial score (nSPS) is 9.33. The van der Waals surface area contributed by atoms with E-state index >= 15 is 0 Å². The van der Waals surface area contributed by atoms with Crippen molar-refractivity contribution in [2.45, 2.75) is 45.7 Å². The Kier molecular flexibility index (Phi) is 7.75. The molecule has 0 radical (unpaired) electrons. The minimum atomic E-state index is 0. The molecule has 0 unspecified atom stereocenters. The molecule has 0 saturated carbocycles. The van der Waals surface area contributed by atoms with E-state index in [1.807, 2.05) is 0 Å². The van der Waals surface area contributed by atoms with E-state index < -0.39 is 0 Å². The van der Waals surface area contributed by atoms with E-state index in [-0.39, 0.29) is 12.4 Å². The average molecular weight is 228 g/mol. The minimum absolute atomic E-state index is 0. The zero-order chi connectivity index (χ0) is 10.2. The molecule has 0 aromatic carbocycles. The molecule has 15 heavy (non-hydrogen) atoms. The lowest BCUT2D eigenvalue weighted by Crippen LogP contribution is -3.00. The van der Waals surface area contributed by atoms with Gasteiger partial charge in [0.15, 0.2) is 0 Å². The molecule has 0 N–H and O–H groups in total. The third-order valence-corrected chi connectivity index (χ3v) is 2.22. The highest BCUT2D eigenvalue weighted by atomic mass is 35.5.